The number of carbonyl (C=O) groups is 2. The SMILES string of the molecule is O=C(O)CCCCC1CCC(=O)C1c1ccc(C(O)CCc2ccccc2)cc1. The molecule has 0 amide bonds. The number of aliphatic hydroxyl groups is 1. The summed E-state index contributed by atoms with van der Waals surface area (Å²) in [6.45, 7) is 0. The van der Waals surface area contributed by atoms with E-state index in [4.69, 9.17) is 5.11 Å². The lowest BCUT2D eigenvalue weighted by molar-refractivity contribution is -0.137. The maximum atomic E-state index is 12.5. The largest absolute Gasteiger partial charge is 0.481 e. The second-order valence-corrected chi connectivity index (χ2v) is 8.09. The zero-order chi connectivity index (χ0) is 20.6. The monoisotopic (exact) mass is 394 g/mol. The van der Waals surface area contributed by atoms with Gasteiger partial charge in [0.05, 0.1) is 6.10 Å². The van der Waals surface area contributed by atoms with E-state index in [0.29, 0.717) is 25.2 Å². The normalized spacial score (nSPS) is 20.0. The summed E-state index contributed by atoms with van der Waals surface area (Å²) in [6.07, 6.45) is 5.06. The average Bonchev–Trinajstić information content (AvgIpc) is 3.10. The molecule has 0 aromatic heterocycles. The second-order valence-electron chi connectivity index (χ2n) is 8.09. The molecule has 154 valence electrons. The molecule has 2 aromatic carbocycles. The van der Waals surface area contributed by atoms with Crippen LogP contribution in [-0.4, -0.2) is 22.0 Å². The molecule has 0 heterocycles. The summed E-state index contributed by atoms with van der Waals surface area (Å²) in [5, 5.41) is 19.3. The molecule has 29 heavy (non-hydrogen) atoms. The first-order valence-corrected chi connectivity index (χ1v) is 10.6. The van der Waals surface area contributed by atoms with E-state index in [2.05, 4.69) is 12.1 Å². The molecule has 3 atom stereocenters. The molecule has 4 heteroatoms. The van der Waals surface area contributed by atoms with E-state index in [1.165, 1.54) is 5.56 Å². The van der Waals surface area contributed by atoms with Crippen LogP contribution in [0.5, 0.6) is 0 Å². The smallest absolute Gasteiger partial charge is 0.303 e. The second kappa shape index (κ2) is 10.4. The number of aliphatic hydroxyl groups excluding tert-OH is 1. The van der Waals surface area contributed by atoms with Gasteiger partial charge < -0.3 is 10.2 Å². The lowest BCUT2D eigenvalue weighted by Crippen LogP contribution is -2.13. The Morgan fingerprint density at radius 1 is 1.03 bits per heavy atom. The van der Waals surface area contributed by atoms with Crippen molar-refractivity contribution in [3.05, 3.63) is 71.3 Å². The summed E-state index contributed by atoms with van der Waals surface area (Å²) < 4.78 is 0. The molecule has 1 aliphatic rings. The van der Waals surface area contributed by atoms with Crippen molar-refractivity contribution in [1.29, 1.82) is 0 Å². The Morgan fingerprint density at radius 2 is 1.76 bits per heavy atom. The minimum absolute atomic E-state index is 0.0876. The van der Waals surface area contributed by atoms with Gasteiger partial charge >= 0.3 is 5.97 Å². The molecule has 1 aliphatic carbocycles. The number of unbranched alkanes of at least 4 members (excludes halogenated alkanes) is 1. The molecular formula is C25H30O4. The Kier molecular flexibility index (Phi) is 7.59. The third-order valence-electron chi connectivity index (χ3n) is 6.03. The molecule has 4 nitrogen and oxygen atoms in total. The highest BCUT2D eigenvalue weighted by atomic mass is 16.4. The highest BCUT2D eigenvalue weighted by Gasteiger charge is 2.35. The molecule has 3 unspecified atom stereocenters. The van der Waals surface area contributed by atoms with Crippen molar-refractivity contribution in [2.45, 2.75) is 63.4 Å². The molecule has 1 fully saturated rings. The number of carboxylic acid groups (broad SMARTS) is 1. The van der Waals surface area contributed by atoms with Gasteiger partial charge in [0.2, 0.25) is 0 Å². The van der Waals surface area contributed by atoms with Crippen LogP contribution in [0, 0.1) is 5.92 Å². The Bertz CT molecular complexity index is 797. The first kappa shape index (κ1) is 21.3. The van der Waals surface area contributed by atoms with Crippen molar-refractivity contribution in [2.75, 3.05) is 0 Å². The van der Waals surface area contributed by atoms with Crippen molar-refractivity contribution >= 4 is 11.8 Å². The van der Waals surface area contributed by atoms with Crippen LogP contribution in [0.25, 0.3) is 0 Å². The van der Waals surface area contributed by atoms with Crippen molar-refractivity contribution in [3.8, 4) is 0 Å². The number of rotatable bonds is 10. The van der Waals surface area contributed by atoms with Crippen molar-refractivity contribution in [3.63, 3.8) is 0 Å². The number of Topliss-reactive ketones (excluding diaryl/α,β-unsaturated/α-hetero) is 1. The summed E-state index contributed by atoms with van der Waals surface area (Å²) in [6, 6.07) is 18.0. The molecule has 0 bridgehead atoms. The molecule has 3 rings (SSSR count). The van der Waals surface area contributed by atoms with E-state index in [1.807, 2.05) is 42.5 Å². The predicted octanol–water partition coefficient (Wildman–Crippen LogP) is 5.06. The molecule has 0 saturated heterocycles. The van der Waals surface area contributed by atoms with Gasteiger partial charge in [0.25, 0.3) is 0 Å². The highest BCUT2D eigenvalue weighted by molar-refractivity contribution is 5.88. The molecule has 0 spiro atoms. The minimum Gasteiger partial charge on any atom is -0.481 e. The topological polar surface area (TPSA) is 74.6 Å². The number of benzene rings is 2. The van der Waals surface area contributed by atoms with Crippen LogP contribution in [-0.2, 0) is 16.0 Å². The number of hydrogen-bond donors (Lipinski definition) is 2. The fraction of sp³-hybridized carbons (Fsp3) is 0.440. The van der Waals surface area contributed by atoms with Gasteiger partial charge in [-0.15, -0.1) is 0 Å². The molecule has 1 saturated carbocycles. The van der Waals surface area contributed by atoms with Gasteiger partial charge in [0, 0.05) is 18.8 Å². The van der Waals surface area contributed by atoms with Gasteiger partial charge in [-0.05, 0) is 54.7 Å². The van der Waals surface area contributed by atoms with Crippen molar-refractivity contribution < 1.29 is 19.8 Å². The first-order valence-electron chi connectivity index (χ1n) is 10.6. The summed E-state index contributed by atoms with van der Waals surface area (Å²) in [5.41, 5.74) is 3.12. The van der Waals surface area contributed by atoms with E-state index in [1.54, 1.807) is 0 Å². The number of aryl methyl sites for hydroxylation is 1. The highest BCUT2D eigenvalue weighted by Crippen LogP contribution is 2.40. The Hall–Kier alpha value is -2.46. The predicted molar refractivity (Wildman–Crippen MR) is 113 cm³/mol. The van der Waals surface area contributed by atoms with Gasteiger partial charge in [-0.2, -0.15) is 0 Å². The minimum atomic E-state index is -0.759. The van der Waals surface area contributed by atoms with Gasteiger partial charge in [-0.1, -0.05) is 61.0 Å². The number of ketones is 1. The molecule has 2 aromatic rings. The van der Waals surface area contributed by atoms with Crippen LogP contribution >= 0.6 is 0 Å². The van der Waals surface area contributed by atoms with Crippen LogP contribution in [0.4, 0.5) is 0 Å². The van der Waals surface area contributed by atoms with Crippen LogP contribution in [0.2, 0.25) is 0 Å². The maximum absolute atomic E-state index is 12.5. The zero-order valence-corrected chi connectivity index (χ0v) is 16.8. The molecule has 0 aliphatic heterocycles. The van der Waals surface area contributed by atoms with Gasteiger partial charge in [0.1, 0.15) is 5.78 Å². The molecule has 0 radical (unpaired) electrons. The number of carboxylic acids is 1. The van der Waals surface area contributed by atoms with Crippen LogP contribution in [0.15, 0.2) is 54.6 Å². The van der Waals surface area contributed by atoms with E-state index < -0.39 is 12.1 Å². The van der Waals surface area contributed by atoms with E-state index >= 15 is 0 Å². The van der Waals surface area contributed by atoms with Crippen LogP contribution in [0.1, 0.15) is 73.7 Å². The van der Waals surface area contributed by atoms with Crippen molar-refractivity contribution in [2.24, 2.45) is 5.92 Å². The average molecular weight is 395 g/mol. The fourth-order valence-corrected chi connectivity index (χ4v) is 4.40. The van der Waals surface area contributed by atoms with Gasteiger partial charge in [-0.25, -0.2) is 0 Å². The number of aliphatic carboxylic acids is 1. The Labute approximate surface area is 172 Å². The summed E-state index contributed by atoms with van der Waals surface area (Å²) in [4.78, 5) is 23.1. The van der Waals surface area contributed by atoms with E-state index in [-0.39, 0.29) is 18.1 Å². The number of carbonyl (C=O) groups excluding carboxylic acids is 1. The Balaban J connectivity index is 1.57. The summed E-state index contributed by atoms with van der Waals surface area (Å²) >= 11 is 0. The van der Waals surface area contributed by atoms with E-state index in [0.717, 1.165) is 36.8 Å². The standard InChI is InChI=1S/C25H30O4/c26-22(16-10-18-6-2-1-3-7-18)19-11-13-21(14-12-19)25-20(15-17-23(25)27)8-4-5-9-24(28)29/h1-3,6-7,11-14,20,22,25-26H,4-5,8-10,15-17H2,(H,28,29). The van der Waals surface area contributed by atoms with Gasteiger partial charge in [-0.3, -0.25) is 9.59 Å². The summed E-state index contributed by atoms with van der Waals surface area (Å²) in [7, 11) is 0. The quantitative estimate of drug-likeness (QED) is 0.552. The lowest BCUT2D eigenvalue weighted by Gasteiger charge is -2.20. The molecular weight excluding hydrogens is 364 g/mol. The van der Waals surface area contributed by atoms with Crippen LogP contribution in [0.3, 0.4) is 0 Å². The van der Waals surface area contributed by atoms with Crippen LogP contribution < -0.4 is 0 Å². The maximum Gasteiger partial charge on any atom is 0.303 e. The first-order chi connectivity index (χ1) is 14.0. The lowest BCUT2D eigenvalue weighted by atomic mass is 9.84. The third kappa shape index (κ3) is 6.01. The summed E-state index contributed by atoms with van der Waals surface area (Å²) in [5.74, 6) is -0.267. The molecule has 2 N–H and O–H groups in total. The van der Waals surface area contributed by atoms with Crippen molar-refractivity contribution in [1.82, 2.24) is 0 Å². The Morgan fingerprint density at radius 3 is 2.45 bits per heavy atom. The van der Waals surface area contributed by atoms with Gasteiger partial charge in [0.15, 0.2) is 0 Å². The fourth-order valence-electron chi connectivity index (χ4n) is 4.40. The zero-order valence-electron chi connectivity index (χ0n) is 16.8. The third-order valence-corrected chi connectivity index (χ3v) is 6.03. The number of hydrogen-bond acceptors (Lipinski definition) is 3. The van der Waals surface area contributed by atoms with E-state index in [9.17, 15) is 14.7 Å².